The number of carbonyl (C=O) groups excluding carboxylic acids is 2. The van der Waals surface area contributed by atoms with Gasteiger partial charge in [-0.15, -0.1) is 6.58 Å². The van der Waals surface area contributed by atoms with Gasteiger partial charge in [0.1, 0.15) is 5.70 Å². The van der Waals surface area contributed by atoms with Crippen molar-refractivity contribution in [3.8, 4) is 0 Å². The summed E-state index contributed by atoms with van der Waals surface area (Å²) in [7, 11) is 0. The van der Waals surface area contributed by atoms with Gasteiger partial charge in [-0.1, -0.05) is 18.2 Å². The molecule has 1 heterocycles. The predicted molar refractivity (Wildman–Crippen MR) is 71.5 cm³/mol. The van der Waals surface area contributed by atoms with Crippen LogP contribution in [0.3, 0.4) is 0 Å². The second-order valence-electron chi connectivity index (χ2n) is 4.04. The minimum atomic E-state index is -0.536. The number of hydrogen-bond donors (Lipinski definition) is 1. The number of amides is 3. The van der Waals surface area contributed by atoms with Crippen molar-refractivity contribution < 1.29 is 14.5 Å². The van der Waals surface area contributed by atoms with Crippen LogP contribution in [0.4, 0.5) is 10.5 Å². The van der Waals surface area contributed by atoms with Gasteiger partial charge in [-0.2, -0.15) is 0 Å². The highest BCUT2D eigenvalue weighted by Crippen LogP contribution is 2.18. The van der Waals surface area contributed by atoms with Crippen molar-refractivity contribution in [2.45, 2.75) is 0 Å². The summed E-state index contributed by atoms with van der Waals surface area (Å²) in [6.45, 7) is 3.57. The molecule has 7 heteroatoms. The first-order valence-electron chi connectivity index (χ1n) is 5.73. The molecule has 1 aromatic rings. The molecule has 1 N–H and O–H groups in total. The maximum absolute atomic E-state index is 11.9. The fourth-order valence-electron chi connectivity index (χ4n) is 1.76. The molecular formula is C13H11N3O4. The second-order valence-corrected chi connectivity index (χ2v) is 4.04. The Morgan fingerprint density at radius 1 is 1.40 bits per heavy atom. The number of carbonyl (C=O) groups is 2. The maximum atomic E-state index is 11.9. The topological polar surface area (TPSA) is 92.6 Å². The minimum Gasteiger partial charge on any atom is -0.303 e. The first-order chi connectivity index (χ1) is 9.52. The number of hydrogen-bond acceptors (Lipinski definition) is 4. The Bertz CT molecular complexity index is 636. The molecule has 1 aliphatic heterocycles. The third kappa shape index (κ3) is 2.56. The van der Waals surface area contributed by atoms with Gasteiger partial charge in [0.2, 0.25) is 0 Å². The monoisotopic (exact) mass is 273 g/mol. The van der Waals surface area contributed by atoms with Crippen molar-refractivity contribution in [3.63, 3.8) is 0 Å². The molecule has 1 saturated heterocycles. The van der Waals surface area contributed by atoms with Gasteiger partial charge in [-0.05, 0) is 11.6 Å². The van der Waals surface area contributed by atoms with Gasteiger partial charge >= 0.3 is 6.03 Å². The number of nitro groups is 1. The number of rotatable bonds is 4. The standard InChI is InChI=1S/C13H11N3O4/c1-2-6-15-12(17)11(14-13(15)18)8-9-4-3-5-10(7-9)16(19)20/h2-5,7-8H,1,6H2,(H,14,18)/b11-8+. The molecule has 0 spiro atoms. The van der Waals surface area contributed by atoms with E-state index >= 15 is 0 Å². The Hall–Kier alpha value is -2.96. The summed E-state index contributed by atoms with van der Waals surface area (Å²) >= 11 is 0. The van der Waals surface area contributed by atoms with Gasteiger partial charge in [0, 0.05) is 18.7 Å². The fourth-order valence-corrected chi connectivity index (χ4v) is 1.76. The van der Waals surface area contributed by atoms with Crippen LogP contribution in [0.5, 0.6) is 0 Å². The number of imide groups is 1. The summed E-state index contributed by atoms with van der Waals surface area (Å²) < 4.78 is 0. The van der Waals surface area contributed by atoms with E-state index in [1.54, 1.807) is 6.07 Å². The van der Waals surface area contributed by atoms with Crippen molar-refractivity contribution >= 4 is 23.7 Å². The van der Waals surface area contributed by atoms with Gasteiger partial charge in [0.05, 0.1) is 4.92 Å². The summed E-state index contributed by atoms with van der Waals surface area (Å²) in [6, 6.07) is 5.25. The minimum absolute atomic E-state index is 0.0809. The highest BCUT2D eigenvalue weighted by atomic mass is 16.6. The molecule has 7 nitrogen and oxygen atoms in total. The molecule has 3 amide bonds. The van der Waals surface area contributed by atoms with Gasteiger partial charge in [0.15, 0.2) is 0 Å². The van der Waals surface area contributed by atoms with E-state index in [1.807, 2.05) is 0 Å². The van der Waals surface area contributed by atoms with Crippen LogP contribution in [0.15, 0.2) is 42.6 Å². The highest BCUT2D eigenvalue weighted by Gasteiger charge is 2.32. The zero-order valence-corrected chi connectivity index (χ0v) is 10.4. The van der Waals surface area contributed by atoms with E-state index in [2.05, 4.69) is 11.9 Å². The van der Waals surface area contributed by atoms with Crippen LogP contribution in [0, 0.1) is 10.1 Å². The van der Waals surface area contributed by atoms with Crippen LogP contribution in [-0.2, 0) is 4.79 Å². The Labute approximate surface area is 114 Å². The Morgan fingerprint density at radius 2 is 2.15 bits per heavy atom. The molecule has 0 aliphatic carbocycles. The molecule has 1 fully saturated rings. The number of nitrogens with one attached hydrogen (secondary N) is 1. The van der Waals surface area contributed by atoms with Crippen LogP contribution < -0.4 is 5.32 Å². The molecule has 0 bridgehead atoms. The smallest absolute Gasteiger partial charge is 0.303 e. The van der Waals surface area contributed by atoms with E-state index in [-0.39, 0.29) is 17.9 Å². The molecule has 0 atom stereocenters. The molecule has 1 aliphatic rings. The Kier molecular flexibility index (Phi) is 3.60. The largest absolute Gasteiger partial charge is 0.329 e. The van der Waals surface area contributed by atoms with E-state index in [9.17, 15) is 19.7 Å². The van der Waals surface area contributed by atoms with Crippen molar-refractivity contribution in [1.82, 2.24) is 10.2 Å². The average molecular weight is 273 g/mol. The molecule has 102 valence electrons. The molecule has 0 saturated carbocycles. The van der Waals surface area contributed by atoms with E-state index in [4.69, 9.17) is 0 Å². The van der Waals surface area contributed by atoms with Gasteiger partial charge in [0.25, 0.3) is 11.6 Å². The lowest BCUT2D eigenvalue weighted by molar-refractivity contribution is -0.384. The number of nitro benzene ring substituents is 1. The van der Waals surface area contributed by atoms with Crippen molar-refractivity contribution in [2.24, 2.45) is 0 Å². The van der Waals surface area contributed by atoms with Crippen LogP contribution in [0.2, 0.25) is 0 Å². The summed E-state index contributed by atoms with van der Waals surface area (Å²) in [6.07, 6.45) is 2.84. The van der Waals surface area contributed by atoms with Gasteiger partial charge in [-0.3, -0.25) is 19.8 Å². The molecule has 20 heavy (non-hydrogen) atoms. The molecular weight excluding hydrogens is 262 g/mol. The van der Waals surface area contributed by atoms with Crippen LogP contribution in [0.25, 0.3) is 6.08 Å². The fraction of sp³-hybridized carbons (Fsp3) is 0.0769. The lowest BCUT2D eigenvalue weighted by Gasteiger charge is -2.06. The van der Waals surface area contributed by atoms with Crippen LogP contribution in [0.1, 0.15) is 5.56 Å². The van der Waals surface area contributed by atoms with Crippen molar-refractivity contribution in [1.29, 1.82) is 0 Å². The van der Waals surface area contributed by atoms with Crippen LogP contribution in [-0.4, -0.2) is 28.3 Å². The molecule has 0 aromatic heterocycles. The summed E-state index contributed by atoms with van der Waals surface area (Å²) in [5.41, 5.74) is 0.458. The molecule has 2 rings (SSSR count). The Morgan fingerprint density at radius 3 is 2.80 bits per heavy atom. The molecule has 0 radical (unpaired) electrons. The number of nitrogens with zero attached hydrogens (tertiary/aromatic N) is 2. The summed E-state index contributed by atoms with van der Waals surface area (Å²) in [4.78, 5) is 34.6. The maximum Gasteiger partial charge on any atom is 0.329 e. The summed E-state index contributed by atoms with van der Waals surface area (Å²) in [5.74, 6) is -0.485. The Balaban J connectivity index is 2.30. The van der Waals surface area contributed by atoms with E-state index < -0.39 is 16.9 Å². The van der Waals surface area contributed by atoms with Gasteiger partial charge in [-0.25, -0.2) is 4.79 Å². The highest BCUT2D eigenvalue weighted by molar-refractivity contribution is 6.14. The zero-order valence-electron chi connectivity index (χ0n) is 10.4. The predicted octanol–water partition coefficient (Wildman–Crippen LogP) is 1.67. The lowest BCUT2D eigenvalue weighted by Crippen LogP contribution is -2.30. The first kappa shape index (κ1) is 13.5. The average Bonchev–Trinajstić information content (AvgIpc) is 2.67. The third-order valence-corrected chi connectivity index (χ3v) is 2.67. The molecule has 0 unspecified atom stereocenters. The number of urea groups is 1. The zero-order chi connectivity index (χ0) is 14.7. The summed E-state index contributed by atoms with van der Waals surface area (Å²) in [5, 5.41) is 13.1. The van der Waals surface area contributed by atoms with E-state index in [1.165, 1.54) is 30.4 Å². The quantitative estimate of drug-likeness (QED) is 0.297. The van der Waals surface area contributed by atoms with E-state index in [0.717, 1.165) is 4.90 Å². The SMILES string of the molecule is C=CCN1C(=O)N/C(=C/c2cccc([N+](=O)[O-])c2)C1=O. The van der Waals surface area contributed by atoms with E-state index in [0.29, 0.717) is 5.56 Å². The van der Waals surface area contributed by atoms with Crippen molar-refractivity contribution in [2.75, 3.05) is 6.54 Å². The third-order valence-electron chi connectivity index (χ3n) is 2.67. The first-order valence-corrected chi connectivity index (χ1v) is 5.73. The number of benzene rings is 1. The second kappa shape index (κ2) is 5.35. The molecule has 1 aromatic carbocycles. The van der Waals surface area contributed by atoms with Crippen molar-refractivity contribution in [3.05, 3.63) is 58.3 Å². The van der Waals surface area contributed by atoms with Crippen LogP contribution >= 0.6 is 0 Å². The normalized spacial score (nSPS) is 16.4. The number of non-ortho nitro benzene ring substituents is 1. The lowest BCUT2D eigenvalue weighted by atomic mass is 10.1. The van der Waals surface area contributed by atoms with Gasteiger partial charge < -0.3 is 5.32 Å².